The van der Waals surface area contributed by atoms with E-state index < -0.39 is 6.36 Å². The van der Waals surface area contributed by atoms with Crippen LogP contribution < -0.4 is 15.8 Å². The molecule has 0 radical (unpaired) electrons. The molecule has 0 aliphatic heterocycles. The molecule has 136 valence electrons. The molecule has 3 N–H and O–H groups in total. The van der Waals surface area contributed by atoms with E-state index in [1.54, 1.807) is 0 Å². The molecule has 0 aliphatic rings. The van der Waals surface area contributed by atoms with Crippen LogP contribution in [0.25, 0.3) is 0 Å². The Kier molecular flexibility index (Phi) is 8.01. The maximum Gasteiger partial charge on any atom is 0.573 e. The number of anilines is 1. The number of nitrogens with one attached hydrogen (secondary N) is 1. The van der Waals surface area contributed by atoms with Crippen LogP contribution in [0.4, 0.5) is 18.9 Å². The molecule has 0 saturated carbocycles. The van der Waals surface area contributed by atoms with Gasteiger partial charge in [0, 0.05) is 12.2 Å². The molecular formula is C17H19F3IN3O. The summed E-state index contributed by atoms with van der Waals surface area (Å²) in [4.78, 5) is 4.20. The molecule has 2 aromatic carbocycles. The zero-order valence-corrected chi connectivity index (χ0v) is 15.8. The zero-order chi connectivity index (χ0) is 17.6. The molecule has 0 amide bonds. The second-order valence-electron chi connectivity index (χ2n) is 5.20. The molecule has 8 heteroatoms. The van der Waals surface area contributed by atoms with Gasteiger partial charge in [-0.1, -0.05) is 29.8 Å². The van der Waals surface area contributed by atoms with Gasteiger partial charge in [-0.25, -0.2) is 0 Å². The number of benzene rings is 2. The van der Waals surface area contributed by atoms with E-state index in [0.29, 0.717) is 12.2 Å². The quantitative estimate of drug-likeness (QED) is 0.389. The number of aryl methyl sites for hydroxylation is 1. The monoisotopic (exact) mass is 465 g/mol. The molecule has 0 unspecified atom stereocenters. The van der Waals surface area contributed by atoms with Gasteiger partial charge in [-0.3, -0.25) is 4.99 Å². The Balaban J connectivity index is 0.00000312. The van der Waals surface area contributed by atoms with Crippen molar-refractivity contribution in [2.75, 3.05) is 11.9 Å². The SMILES string of the molecule is Cc1cccc(CCN=C(N)Nc2ccc(OC(F)(F)F)cc2)c1.I. The van der Waals surface area contributed by atoms with E-state index in [9.17, 15) is 13.2 Å². The Morgan fingerprint density at radius 1 is 1.16 bits per heavy atom. The van der Waals surface area contributed by atoms with Crippen molar-refractivity contribution in [1.82, 2.24) is 0 Å². The standard InChI is InChI=1S/C17H18F3N3O.HI/c1-12-3-2-4-13(11-12)9-10-22-16(21)23-14-5-7-15(8-6-14)24-17(18,19)20;/h2-8,11H,9-10H2,1H3,(H3,21,22,23);1H. The topological polar surface area (TPSA) is 59.6 Å². The van der Waals surface area contributed by atoms with E-state index in [1.807, 2.05) is 25.1 Å². The number of halogens is 4. The fraction of sp³-hybridized carbons (Fsp3) is 0.235. The van der Waals surface area contributed by atoms with Crippen LogP contribution in [0, 0.1) is 6.92 Å². The van der Waals surface area contributed by atoms with Crippen molar-refractivity contribution < 1.29 is 17.9 Å². The second kappa shape index (κ2) is 9.50. The highest BCUT2D eigenvalue weighted by Gasteiger charge is 2.30. The lowest BCUT2D eigenvalue weighted by Crippen LogP contribution is -2.23. The summed E-state index contributed by atoms with van der Waals surface area (Å²) in [7, 11) is 0. The van der Waals surface area contributed by atoms with Gasteiger partial charge in [-0.05, 0) is 43.2 Å². The third-order valence-corrected chi connectivity index (χ3v) is 3.13. The predicted molar refractivity (Wildman–Crippen MR) is 104 cm³/mol. The van der Waals surface area contributed by atoms with Crippen molar-refractivity contribution >= 4 is 35.6 Å². The van der Waals surface area contributed by atoms with Gasteiger partial charge in [0.05, 0.1) is 0 Å². The maximum atomic E-state index is 12.1. The normalized spacial score (nSPS) is 11.6. The minimum Gasteiger partial charge on any atom is -0.406 e. The molecule has 0 aromatic heterocycles. The van der Waals surface area contributed by atoms with E-state index >= 15 is 0 Å². The third kappa shape index (κ3) is 8.10. The van der Waals surface area contributed by atoms with E-state index in [-0.39, 0.29) is 35.7 Å². The molecule has 4 nitrogen and oxygen atoms in total. The number of aliphatic imine (C=N–C) groups is 1. The van der Waals surface area contributed by atoms with Crippen molar-refractivity contribution in [2.24, 2.45) is 10.7 Å². The first-order valence-electron chi connectivity index (χ1n) is 7.30. The highest BCUT2D eigenvalue weighted by atomic mass is 127. The van der Waals surface area contributed by atoms with Gasteiger partial charge in [-0.15, -0.1) is 37.1 Å². The van der Waals surface area contributed by atoms with Gasteiger partial charge in [0.2, 0.25) is 0 Å². The Hall–Kier alpha value is -1.97. The predicted octanol–water partition coefficient (Wildman–Crippen LogP) is 4.48. The van der Waals surface area contributed by atoms with E-state index in [2.05, 4.69) is 21.1 Å². The fourth-order valence-electron chi connectivity index (χ4n) is 2.10. The van der Waals surface area contributed by atoms with Crippen LogP contribution in [0.1, 0.15) is 11.1 Å². The first-order chi connectivity index (χ1) is 11.3. The molecule has 0 bridgehead atoms. The van der Waals surface area contributed by atoms with Crippen LogP contribution in [0.5, 0.6) is 5.75 Å². The first kappa shape index (κ1) is 21.1. The third-order valence-electron chi connectivity index (χ3n) is 3.13. The molecule has 0 atom stereocenters. The van der Waals surface area contributed by atoms with Crippen LogP contribution in [-0.2, 0) is 6.42 Å². The van der Waals surface area contributed by atoms with Crippen molar-refractivity contribution in [3.63, 3.8) is 0 Å². The second-order valence-corrected chi connectivity index (χ2v) is 5.20. The summed E-state index contributed by atoms with van der Waals surface area (Å²) >= 11 is 0. The highest BCUT2D eigenvalue weighted by Crippen LogP contribution is 2.23. The fourth-order valence-corrected chi connectivity index (χ4v) is 2.10. The Labute approximate surface area is 161 Å². The lowest BCUT2D eigenvalue weighted by Gasteiger charge is -2.10. The van der Waals surface area contributed by atoms with Crippen LogP contribution >= 0.6 is 24.0 Å². The number of nitrogens with zero attached hydrogens (tertiary/aromatic N) is 1. The average molecular weight is 465 g/mol. The van der Waals surface area contributed by atoms with E-state index in [0.717, 1.165) is 6.42 Å². The summed E-state index contributed by atoms with van der Waals surface area (Å²) in [5.74, 6) is -0.0878. The zero-order valence-electron chi connectivity index (χ0n) is 13.5. The van der Waals surface area contributed by atoms with Gasteiger partial charge in [0.1, 0.15) is 5.75 Å². The number of alkyl halides is 3. The maximum absolute atomic E-state index is 12.1. The van der Waals surface area contributed by atoms with Gasteiger partial charge in [0.25, 0.3) is 0 Å². The number of hydrogen-bond acceptors (Lipinski definition) is 2. The molecular weight excluding hydrogens is 446 g/mol. The smallest absolute Gasteiger partial charge is 0.406 e. The van der Waals surface area contributed by atoms with Crippen LogP contribution in [0.2, 0.25) is 0 Å². The number of ether oxygens (including phenoxy) is 1. The minimum atomic E-state index is -4.70. The lowest BCUT2D eigenvalue weighted by atomic mass is 10.1. The summed E-state index contributed by atoms with van der Waals surface area (Å²) in [6.45, 7) is 2.53. The highest BCUT2D eigenvalue weighted by molar-refractivity contribution is 14.0. The Bertz CT molecular complexity index is 703. The number of guanidine groups is 1. The van der Waals surface area contributed by atoms with Crippen LogP contribution in [-0.4, -0.2) is 18.9 Å². The average Bonchev–Trinajstić information content (AvgIpc) is 2.48. The van der Waals surface area contributed by atoms with Crippen molar-refractivity contribution in [1.29, 1.82) is 0 Å². The van der Waals surface area contributed by atoms with E-state index in [1.165, 1.54) is 35.4 Å². The number of nitrogens with two attached hydrogens (primary N) is 1. The summed E-state index contributed by atoms with van der Waals surface area (Å²) in [6.07, 6.45) is -3.95. The summed E-state index contributed by atoms with van der Waals surface area (Å²) in [6, 6.07) is 13.4. The Morgan fingerprint density at radius 3 is 2.44 bits per heavy atom. The molecule has 0 fully saturated rings. The number of rotatable bonds is 5. The largest absolute Gasteiger partial charge is 0.573 e. The Morgan fingerprint density at radius 2 is 1.84 bits per heavy atom. The molecule has 0 heterocycles. The minimum absolute atomic E-state index is 0. The van der Waals surface area contributed by atoms with Gasteiger partial charge >= 0.3 is 6.36 Å². The van der Waals surface area contributed by atoms with Crippen molar-refractivity contribution in [3.8, 4) is 5.75 Å². The molecule has 25 heavy (non-hydrogen) atoms. The molecule has 0 spiro atoms. The van der Waals surface area contributed by atoms with Gasteiger partial charge in [-0.2, -0.15) is 0 Å². The first-order valence-corrected chi connectivity index (χ1v) is 7.30. The summed E-state index contributed by atoms with van der Waals surface area (Å²) in [5, 5.41) is 2.82. The summed E-state index contributed by atoms with van der Waals surface area (Å²) < 4.78 is 40.0. The molecule has 2 aromatic rings. The van der Waals surface area contributed by atoms with Crippen molar-refractivity contribution in [2.45, 2.75) is 19.7 Å². The van der Waals surface area contributed by atoms with Gasteiger partial charge < -0.3 is 15.8 Å². The molecule has 2 rings (SSSR count). The van der Waals surface area contributed by atoms with Gasteiger partial charge in [0.15, 0.2) is 5.96 Å². The van der Waals surface area contributed by atoms with Crippen molar-refractivity contribution in [3.05, 3.63) is 59.7 Å². The van der Waals surface area contributed by atoms with Crippen LogP contribution in [0.15, 0.2) is 53.5 Å². The van der Waals surface area contributed by atoms with Crippen LogP contribution in [0.3, 0.4) is 0 Å². The molecule has 0 aliphatic carbocycles. The molecule has 0 saturated heterocycles. The number of hydrogen-bond donors (Lipinski definition) is 2. The summed E-state index contributed by atoms with van der Waals surface area (Å²) in [5.41, 5.74) is 8.65. The lowest BCUT2D eigenvalue weighted by molar-refractivity contribution is -0.274. The van der Waals surface area contributed by atoms with E-state index in [4.69, 9.17) is 5.73 Å².